The van der Waals surface area contributed by atoms with E-state index in [0.29, 0.717) is 57.5 Å². The second-order valence-corrected chi connectivity index (χ2v) is 9.89. The molecule has 1 aliphatic rings. The summed E-state index contributed by atoms with van der Waals surface area (Å²) >= 11 is 18.7. The maximum atomic E-state index is 13.1. The summed E-state index contributed by atoms with van der Waals surface area (Å²) in [7, 11) is 3.38. The van der Waals surface area contributed by atoms with Crippen LogP contribution in [0.15, 0.2) is 60.7 Å². The zero-order valence-electron chi connectivity index (χ0n) is 21.4. The number of aromatic nitrogens is 1. The molecule has 3 aromatic carbocycles. The van der Waals surface area contributed by atoms with Crippen molar-refractivity contribution in [3.63, 3.8) is 0 Å². The first-order valence-corrected chi connectivity index (χ1v) is 13.1. The first-order chi connectivity index (χ1) is 19.2. The minimum absolute atomic E-state index is 0.190. The molecule has 0 atom stereocenters. The quantitative estimate of drug-likeness (QED) is 0.110. The number of esters is 1. The average Bonchev–Trinajstić information content (AvgIpc) is 2.98. The number of rotatable bonds is 6. The van der Waals surface area contributed by atoms with E-state index in [1.165, 1.54) is 4.90 Å². The third kappa shape index (κ3) is 6.65. The van der Waals surface area contributed by atoms with Gasteiger partial charge in [-0.1, -0.05) is 53.0 Å². The molecule has 11 heteroatoms. The van der Waals surface area contributed by atoms with Crippen molar-refractivity contribution in [1.82, 2.24) is 9.88 Å². The highest BCUT2D eigenvalue weighted by atomic mass is 35.5. The molecule has 0 saturated heterocycles. The molecule has 0 saturated carbocycles. The number of hydrogen-bond acceptors (Lipinski definition) is 7. The van der Waals surface area contributed by atoms with Crippen LogP contribution in [-0.4, -0.2) is 62.0 Å². The monoisotopic (exact) mass is 600 g/mol. The van der Waals surface area contributed by atoms with Crippen LogP contribution in [0.5, 0.6) is 11.5 Å². The van der Waals surface area contributed by atoms with Crippen molar-refractivity contribution in [3.05, 3.63) is 86.9 Å². The molecular weight excluding hydrogens is 579 g/mol. The number of fused-ring (bicyclic) bond motifs is 2. The number of carbonyl (C=O) groups is 3. The molecule has 1 aliphatic heterocycles. The molecule has 0 unspecified atom stereocenters. The summed E-state index contributed by atoms with van der Waals surface area (Å²) in [5.41, 5.74) is 2.07. The van der Waals surface area contributed by atoms with Crippen LogP contribution >= 0.6 is 34.8 Å². The smallest absolute Gasteiger partial charge is 0.339 e. The fourth-order valence-corrected chi connectivity index (χ4v) is 4.35. The van der Waals surface area contributed by atoms with Crippen LogP contribution in [0.2, 0.25) is 15.1 Å². The van der Waals surface area contributed by atoms with E-state index in [1.807, 2.05) is 0 Å². The Morgan fingerprint density at radius 1 is 0.950 bits per heavy atom. The van der Waals surface area contributed by atoms with Crippen molar-refractivity contribution in [1.29, 1.82) is 0 Å². The predicted molar refractivity (Wildman–Crippen MR) is 154 cm³/mol. The second-order valence-electron chi connectivity index (χ2n) is 8.72. The largest absolute Gasteiger partial charge is 0.486 e. The number of hydrogen-bond donors (Lipinski definition) is 0. The van der Waals surface area contributed by atoms with E-state index in [4.69, 9.17) is 49.0 Å². The summed E-state index contributed by atoms with van der Waals surface area (Å²) in [6, 6.07) is 16.8. The van der Waals surface area contributed by atoms with Crippen LogP contribution in [0.1, 0.15) is 20.7 Å². The number of Topliss-reactive ketones (excluding diaryl/α,β-unsaturated/α-hetero) is 1. The van der Waals surface area contributed by atoms with Gasteiger partial charge in [0.2, 0.25) is 6.41 Å². The van der Waals surface area contributed by atoms with Crippen molar-refractivity contribution in [2.24, 2.45) is 0 Å². The number of halogens is 3. The molecule has 0 aliphatic carbocycles. The van der Waals surface area contributed by atoms with Crippen molar-refractivity contribution < 1.29 is 28.6 Å². The minimum atomic E-state index is -0.674. The number of ketones is 1. The van der Waals surface area contributed by atoms with Gasteiger partial charge in [0.25, 0.3) is 0 Å². The predicted octanol–water partition coefficient (Wildman–Crippen LogP) is 6.38. The Morgan fingerprint density at radius 2 is 1.65 bits per heavy atom. The van der Waals surface area contributed by atoms with Crippen molar-refractivity contribution >= 4 is 63.9 Å². The zero-order chi connectivity index (χ0) is 28.8. The van der Waals surface area contributed by atoms with Gasteiger partial charge in [0.1, 0.15) is 13.2 Å². The molecule has 0 fully saturated rings. The highest BCUT2D eigenvalue weighted by molar-refractivity contribution is 6.49. The highest BCUT2D eigenvalue weighted by Gasteiger charge is 2.20. The maximum Gasteiger partial charge on any atom is 0.339 e. The van der Waals surface area contributed by atoms with Gasteiger partial charge in [0.15, 0.2) is 23.9 Å². The summed E-state index contributed by atoms with van der Waals surface area (Å²) in [5, 5.41) is 1.28. The molecule has 40 heavy (non-hydrogen) atoms. The van der Waals surface area contributed by atoms with E-state index in [0.717, 1.165) is 6.41 Å². The molecule has 0 bridgehead atoms. The molecule has 0 spiro atoms. The molecule has 0 radical (unpaired) electrons. The first-order valence-electron chi connectivity index (χ1n) is 11.9. The fourth-order valence-electron chi connectivity index (χ4n) is 3.71. The molecule has 206 valence electrons. The Bertz CT molecular complexity index is 1590. The maximum absolute atomic E-state index is 13.1. The summed E-state index contributed by atoms with van der Waals surface area (Å²) in [4.78, 5) is 41.3. The van der Waals surface area contributed by atoms with Gasteiger partial charge in [-0.25, -0.2) is 9.78 Å². The van der Waals surface area contributed by atoms with Crippen LogP contribution in [0, 0.1) is 0 Å². The molecule has 8 nitrogen and oxygen atoms in total. The highest BCUT2D eigenvalue weighted by Crippen LogP contribution is 2.38. The summed E-state index contributed by atoms with van der Waals surface area (Å²) < 4.78 is 16.4. The summed E-state index contributed by atoms with van der Waals surface area (Å²) in [6.07, 6.45) is 0.750. The van der Waals surface area contributed by atoms with Gasteiger partial charge < -0.3 is 19.1 Å². The molecule has 1 aromatic heterocycles. The number of pyridine rings is 1. The lowest BCUT2D eigenvalue weighted by Gasteiger charge is -2.18. The van der Waals surface area contributed by atoms with Crippen LogP contribution in [0.3, 0.4) is 0 Å². The van der Waals surface area contributed by atoms with E-state index in [2.05, 4.69) is 4.98 Å². The fraction of sp³-hybridized carbons (Fsp3) is 0.172. The average molecular weight is 602 g/mol. The topological polar surface area (TPSA) is 95.0 Å². The Kier molecular flexibility index (Phi) is 9.47. The van der Waals surface area contributed by atoms with Gasteiger partial charge in [0.05, 0.1) is 31.8 Å². The van der Waals surface area contributed by atoms with Gasteiger partial charge in [-0.15, -0.1) is 0 Å². The molecular formula is C29H23Cl3N2O6. The van der Waals surface area contributed by atoms with E-state index in [9.17, 15) is 14.4 Å². The third-order valence-electron chi connectivity index (χ3n) is 5.66. The molecule has 2 heterocycles. The molecule has 5 rings (SSSR count). The standard InChI is InChI=1S/C26H16Cl3NO5.C3H7NO/c27-18-7-6-16(24(28)25(18)29)20-12-17(15-3-1-2-4-19(15)30-20)26(32)35-13-21(31)14-5-8-22-23(11-14)34-10-9-33-22;1-4(2)3-5/h1-8,11-12H,9-10,13H2;3H,1-2H3. The van der Waals surface area contributed by atoms with Crippen LogP contribution in [0.25, 0.3) is 22.2 Å². The van der Waals surface area contributed by atoms with Gasteiger partial charge in [-0.3, -0.25) is 9.59 Å². The van der Waals surface area contributed by atoms with Crippen molar-refractivity contribution in [2.45, 2.75) is 0 Å². The number of ether oxygens (including phenoxy) is 3. The van der Waals surface area contributed by atoms with Gasteiger partial charge >= 0.3 is 5.97 Å². The van der Waals surface area contributed by atoms with Crippen molar-refractivity contribution in [3.8, 4) is 22.8 Å². The Balaban J connectivity index is 0.000000681. The lowest BCUT2D eigenvalue weighted by molar-refractivity contribution is -0.115. The van der Waals surface area contributed by atoms with E-state index in [-0.39, 0.29) is 21.4 Å². The first kappa shape index (κ1) is 29.1. The lowest BCUT2D eigenvalue weighted by atomic mass is 10.0. The summed E-state index contributed by atoms with van der Waals surface area (Å²) in [5.74, 6) is 0.00612. The number of benzene rings is 3. The number of carbonyl (C=O) groups excluding carboxylic acids is 3. The Morgan fingerprint density at radius 3 is 2.38 bits per heavy atom. The molecule has 1 amide bonds. The lowest BCUT2D eigenvalue weighted by Crippen LogP contribution is -2.17. The second kappa shape index (κ2) is 13.0. The Labute approximate surface area is 245 Å². The minimum Gasteiger partial charge on any atom is -0.486 e. The zero-order valence-corrected chi connectivity index (χ0v) is 23.7. The van der Waals surface area contributed by atoms with E-state index in [1.54, 1.807) is 74.8 Å². The number of amides is 1. The van der Waals surface area contributed by atoms with Gasteiger partial charge in [0, 0.05) is 30.6 Å². The van der Waals surface area contributed by atoms with E-state index >= 15 is 0 Å². The van der Waals surface area contributed by atoms with Gasteiger partial charge in [-0.2, -0.15) is 0 Å². The molecule has 4 aromatic rings. The summed E-state index contributed by atoms with van der Waals surface area (Å²) in [6.45, 7) is 0.408. The SMILES string of the molecule is CN(C)C=O.O=C(COC(=O)c1cc(-c2ccc(Cl)c(Cl)c2Cl)nc2ccccc12)c1ccc2c(c1)OCCO2. The number of nitrogens with zero attached hydrogens (tertiary/aromatic N) is 2. The van der Waals surface area contributed by atoms with Crippen LogP contribution in [0.4, 0.5) is 0 Å². The molecule has 0 N–H and O–H groups in total. The van der Waals surface area contributed by atoms with E-state index < -0.39 is 12.6 Å². The van der Waals surface area contributed by atoms with Gasteiger partial charge in [-0.05, 0) is 42.5 Å². The van der Waals surface area contributed by atoms with Crippen LogP contribution in [-0.2, 0) is 9.53 Å². The Hall–Kier alpha value is -3.85. The normalized spacial score (nSPS) is 11.7. The van der Waals surface area contributed by atoms with Crippen LogP contribution < -0.4 is 9.47 Å². The third-order valence-corrected chi connectivity index (χ3v) is 6.95. The number of para-hydroxylation sites is 1. The van der Waals surface area contributed by atoms with Crippen molar-refractivity contribution in [2.75, 3.05) is 33.9 Å².